The normalized spacial score (nSPS) is 13.9. The lowest BCUT2D eigenvalue weighted by molar-refractivity contribution is 0.252. The van der Waals surface area contributed by atoms with Crippen molar-refractivity contribution >= 4 is 11.7 Å². The van der Waals surface area contributed by atoms with E-state index in [-0.39, 0.29) is 6.03 Å². The highest BCUT2D eigenvalue weighted by Crippen LogP contribution is 2.22. The summed E-state index contributed by atoms with van der Waals surface area (Å²) >= 11 is 0. The zero-order valence-electron chi connectivity index (χ0n) is 10.7. The van der Waals surface area contributed by atoms with E-state index in [0.717, 1.165) is 16.9 Å². The standard InChI is InChI=1S/C15H12N4O/c16-9-11-1-6-14(18-10-11)12-2-4-13(5-3-12)19-8-7-17-15(19)20/h1-6,10H,7-8H2,(H,17,20). The molecule has 1 fully saturated rings. The summed E-state index contributed by atoms with van der Waals surface area (Å²) in [5.74, 6) is 0. The minimum Gasteiger partial charge on any atom is -0.336 e. The van der Waals surface area contributed by atoms with Gasteiger partial charge in [-0.25, -0.2) is 4.79 Å². The average molecular weight is 264 g/mol. The molecule has 0 unspecified atom stereocenters. The molecule has 1 aromatic carbocycles. The van der Waals surface area contributed by atoms with Gasteiger partial charge in [-0.2, -0.15) is 5.26 Å². The highest BCUT2D eigenvalue weighted by atomic mass is 16.2. The van der Waals surface area contributed by atoms with Crippen LogP contribution in [0.3, 0.4) is 0 Å². The number of rotatable bonds is 2. The van der Waals surface area contributed by atoms with Crippen molar-refractivity contribution in [3.63, 3.8) is 0 Å². The van der Waals surface area contributed by atoms with Crippen LogP contribution in [-0.2, 0) is 0 Å². The molecule has 2 amide bonds. The van der Waals surface area contributed by atoms with Crippen LogP contribution >= 0.6 is 0 Å². The van der Waals surface area contributed by atoms with E-state index in [2.05, 4.69) is 10.3 Å². The molecule has 0 bridgehead atoms. The highest BCUT2D eigenvalue weighted by molar-refractivity contribution is 5.94. The number of hydrogen-bond acceptors (Lipinski definition) is 3. The quantitative estimate of drug-likeness (QED) is 0.903. The zero-order valence-corrected chi connectivity index (χ0v) is 10.7. The van der Waals surface area contributed by atoms with Crippen LogP contribution in [0, 0.1) is 11.3 Å². The maximum Gasteiger partial charge on any atom is 0.321 e. The molecule has 5 nitrogen and oxygen atoms in total. The van der Waals surface area contributed by atoms with Crippen LogP contribution in [0.2, 0.25) is 0 Å². The fourth-order valence-electron chi connectivity index (χ4n) is 2.16. The number of carbonyl (C=O) groups is 1. The lowest BCUT2D eigenvalue weighted by Crippen LogP contribution is -2.27. The number of nitrogens with zero attached hydrogens (tertiary/aromatic N) is 3. The summed E-state index contributed by atoms with van der Waals surface area (Å²) in [6.07, 6.45) is 1.55. The third-order valence-electron chi connectivity index (χ3n) is 3.22. The van der Waals surface area contributed by atoms with Crippen molar-refractivity contribution in [1.82, 2.24) is 10.3 Å². The fraction of sp³-hybridized carbons (Fsp3) is 0.133. The number of urea groups is 1. The van der Waals surface area contributed by atoms with E-state index in [1.165, 1.54) is 0 Å². The van der Waals surface area contributed by atoms with Crippen LogP contribution in [0.1, 0.15) is 5.56 Å². The second-order valence-electron chi connectivity index (χ2n) is 4.47. The maximum atomic E-state index is 11.6. The maximum absolute atomic E-state index is 11.6. The number of anilines is 1. The summed E-state index contributed by atoms with van der Waals surface area (Å²) in [6, 6.07) is 13.2. The average Bonchev–Trinajstić information content (AvgIpc) is 2.94. The first-order valence-corrected chi connectivity index (χ1v) is 6.30. The summed E-state index contributed by atoms with van der Waals surface area (Å²) in [7, 11) is 0. The summed E-state index contributed by atoms with van der Waals surface area (Å²) in [5.41, 5.74) is 3.18. The van der Waals surface area contributed by atoms with Gasteiger partial charge >= 0.3 is 6.03 Å². The van der Waals surface area contributed by atoms with Gasteiger partial charge in [0.25, 0.3) is 0 Å². The van der Waals surface area contributed by atoms with Gasteiger partial charge in [-0.15, -0.1) is 0 Å². The lowest BCUT2D eigenvalue weighted by atomic mass is 10.1. The number of aromatic nitrogens is 1. The monoisotopic (exact) mass is 264 g/mol. The van der Waals surface area contributed by atoms with E-state index < -0.39 is 0 Å². The zero-order chi connectivity index (χ0) is 13.9. The first-order valence-electron chi connectivity index (χ1n) is 6.30. The van der Waals surface area contributed by atoms with Gasteiger partial charge in [0.05, 0.1) is 11.3 Å². The third-order valence-corrected chi connectivity index (χ3v) is 3.22. The van der Waals surface area contributed by atoms with Gasteiger partial charge in [-0.3, -0.25) is 9.88 Å². The summed E-state index contributed by atoms with van der Waals surface area (Å²) in [5, 5.41) is 11.5. The molecule has 0 aliphatic carbocycles. The molecule has 0 atom stereocenters. The van der Waals surface area contributed by atoms with Crippen LogP contribution in [-0.4, -0.2) is 24.1 Å². The number of pyridine rings is 1. The van der Waals surface area contributed by atoms with Crippen LogP contribution in [0.4, 0.5) is 10.5 Å². The van der Waals surface area contributed by atoms with Crippen molar-refractivity contribution < 1.29 is 4.79 Å². The molecule has 1 saturated heterocycles. The van der Waals surface area contributed by atoms with Crippen molar-refractivity contribution in [3.8, 4) is 17.3 Å². The fourth-order valence-corrected chi connectivity index (χ4v) is 2.16. The van der Waals surface area contributed by atoms with E-state index in [4.69, 9.17) is 5.26 Å². The molecule has 0 radical (unpaired) electrons. The van der Waals surface area contributed by atoms with Gasteiger partial charge < -0.3 is 5.32 Å². The number of carbonyl (C=O) groups excluding carboxylic acids is 1. The van der Waals surface area contributed by atoms with Gasteiger partial charge in [-0.05, 0) is 24.3 Å². The Kier molecular flexibility index (Phi) is 3.05. The molecule has 2 aromatic rings. The Labute approximate surface area is 116 Å². The van der Waals surface area contributed by atoms with Crippen molar-refractivity contribution in [3.05, 3.63) is 48.2 Å². The highest BCUT2D eigenvalue weighted by Gasteiger charge is 2.20. The first kappa shape index (κ1) is 12.2. The van der Waals surface area contributed by atoms with Gasteiger partial charge in [0.1, 0.15) is 6.07 Å². The molecule has 98 valence electrons. The van der Waals surface area contributed by atoms with Crippen LogP contribution < -0.4 is 10.2 Å². The molecule has 0 saturated carbocycles. The predicted molar refractivity (Wildman–Crippen MR) is 75.1 cm³/mol. The molecule has 1 aromatic heterocycles. The Balaban J connectivity index is 1.85. The summed E-state index contributed by atoms with van der Waals surface area (Å²) < 4.78 is 0. The van der Waals surface area contributed by atoms with Gasteiger partial charge in [0.2, 0.25) is 0 Å². The molecule has 2 heterocycles. The second kappa shape index (κ2) is 5.02. The van der Waals surface area contributed by atoms with Gasteiger partial charge in [0.15, 0.2) is 0 Å². The van der Waals surface area contributed by atoms with Crippen LogP contribution in [0.5, 0.6) is 0 Å². The predicted octanol–water partition coefficient (Wildman–Crippen LogP) is 2.15. The van der Waals surface area contributed by atoms with Crippen molar-refractivity contribution in [2.75, 3.05) is 18.0 Å². The number of hydrogen-bond donors (Lipinski definition) is 1. The Morgan fingerprint density at radius 2 is 2.00 bits per heavy atom. The molecule has 20 heavy (non-hydrogen) atoms. The lowest BCUT2D eigenvalue weighted by Gasteiger charge is -2.14. The summed E-state index contributed by atoms with van der Waals surface area (Å²) in [4.78, 5) is 17.5. The van der Waals surface area contributed by atoms with Crippen LogP contribution in [0.15, 0.2) is 42.6 Å². The van der Waals surface area contributed by atoms with E-state index in [0.29, 0.717) is 18.7 Å². The Hall–Kier alpha value is -2.87. The Morgan fingerprint density at radius 3 is 2.55 bits per heavy atom. The van der Waals surface area contributed by atoms with E-state index in [9.17, 15) is 4.79 Å². The minimum atomic E-state index is -0.0609. The molecule has 0 spiro atoms. The topological polar surface area (TPSA) is 69.0 Å². The van der Waals surface area contributed by atoms with Crippen molar-refractivity contribution in [1.29, 1.82) is 5.26 Å². The Bertz CT molecular complexity index is 671. The molecule has 1 aliphatic heterocycles. The number of benzene rings is 1. The first-order chi connectivity index (χ1) is 9.78. The number of nitrogens with one attached hydrogen (secondary N) is 1. The SMILES string of the molecule is N#Cc1ccc(-c2ccc(N3CCNC3=O)cc2)nc1. The van der Waals surface area contributed by atoms with Crippen molar-refractivity contribution in [2.24, 2.45) is 0 Å². The van der Waals surface area contributed by atoms with E-state index >= 15 is 0 Å². The molecular weight excluding hydrogens is 252 g/mol. The number of nitriles is 1. The smallest absolute Gasteiger partial charge is 0.321 e. The summed E-state index contributed by atoms with van der Waals surface area (Å²) in [6.45, 7) is 1.37. The molecule has 3 rings (SSSR count). The van der Waals surface area contributed by atoms with E-state index in [1.54, 1.807) is 17.2 Å². The largest absolute Gasteiger partial charge is 0.336 e. The minimum absolute atomic E-state index is 0.0609. The molecule has 5 heteroatoms. The molecule has 1 aliphatic rings. The molecule has 1 N–H and O–H groups in total. The van der Waals surface area contributed by atoms with E-state index in [1.807, 2.05) is 36.4 Å². The van der Waals surface area contributed by atoms with Gasteiger partial charge in [0, 0.05) is 30.5 Å². The third kappa shape index (κ3) is 2.19. The number of amides is 2. The van der Waals surface area contributed by atoms with Crippen molar-refractivity contribution in [2.45, 2.75) is 0 Å². The van der Waals surface area contributed by atoms with Gasteiger partial charge in [-0.1, -0.05) is 12.1 Å². The Morgan fingerprint density at radius 1 is 1.20 bits per heavy atom. The molecular formula is C15H12N4O. The second-order valence-corrected chi connectivity index (χ2v) is 4.47. The van der Waals surface area contributed by atoms with Crippen LogP contribution in [0.25, 0.3) is 11.3 Å².